The van der Waals surface area contributed by atoms with Gasteiger partial charge in [-0.15, -0.1) is 0 Å². The predicted molar refractivity (Wildman–Crippen MR) is 128 cm³/mol. The maximum Gasteiger partial charge on any atom is 0.321 e. The Morgan fingerprint density at radius 3 is 2.38 bits per heavy atom. The van der Waals surface area contributed by atoms with Gasteiger partial charge in [0, 0.05) is 17.4 Å². The van der Waals surface area contributed by atoms with Crippen molar-refractivity contribution in [2.45, 2.75) is 18.2 Å². The second kappa shape index (κ2) is 10.2. The van der Waals surface area contributed by atoms with Gasteiger partial charge in [0.25, 0.3) is 10.0 Å². The lowest BCUT2D eigenvalue weighted by molar-refractivity contribution is 0.353. The molecule has 0 amide bonds. The molecule has 0 aliphatic heterocycles. The summed E-state index contributed by atoms with van der Waals surface area (Å²) in [4.78, 5) is 7.97. The Bertz CT molecular complexity index is 1180. The van der Waals surface area contributed by atoms with E-state index >= 15 is 0 Å². The van der Waals surface area contributed by atoms with Gasteiger partial charge in [-0.3, -0.25) is 4.72 Å². The number of nitrogens with one attached hydrogen (secondary N) is 3. The van der Waals surface area contributed by atoms with Crippen molar-refractivity contribution in [3.8, 4) is 11.9 Å². The maximum absolute atomic E-state index is 12.7. The highest BCUT2D eigenvalue weighted by Gasteiger charge is 2.17. The first-order chi connectivity index (χ1) is 15.3. The van der Waals surface area contributed by atoms with Gasteiger partial charge in [-0.05, 0) is 54.5 Å². The number of methoxy groups -OCH3 is 2. The van der Waals surface area contributed by atoms with E-state index in [-0.39, 0.29) is 22.6 Å². The minimum atomic E-state index is -3.89. The van der Waals surface area contributed by atoms with E-state index in [4.69, 9.17) is 21.7 Å². The molecule has 0 aliphatic rings. The standard InChI is InChI=1S/C21H23N5O4S2/c1-4-14-7-5-6-8-17(14)23-21(31)22-15-9-11-16(12-10-15)32(27,28)26-18-13-19(29-2)25-20(24-18)30-3/h5-13H,4H2,1-3H3,(H2,22,23,31)(H,24,25,26). The summed E-state index contributed by atoms with van der Waals surface area (Å²) >= 11 is 5.38. The van der Waals surface area contributed by atoms with Crippen molar-refractivity contribution in [3.63, 3.8) is 0 Å². The van der Waals surface area contributed by atoms with Gasteiger partial charge in [0.05, 0.1) is 19.1 Å². The summed E-state index contributed by atoms with van der Waals surface area (Å²) in [5, 5.41) is 6.62. The van der Waals surface area contributed by atoms with Crippen LogP contribution in [0.15, 0.2) is 59.5 Å². The lowest BCUT2D eigenvalue weighted by Gasteiger charge is -2.14. The molecule has 3 N–H and O–H groups in total. The van der Waals surface area contributed by atoms with Crippen molar-refractivity contribution in [1.82, 2.24) is 9.97 Å². The fraction of sp³-hybridized carbons (Fsp3) is 0.190. The quantitative estimate of drug-likeness (QED) is 0.422. The predicted octanol–water partition coefficient (Wildman–Crippen LogP) is 3.67. The van der Waals surface area contributed by atoms with Gasteiger partial charge in [0.15, 0.2) is 10.9 Å². The normalized spacial score (nSPS) is 10.8. The van der Waals surface area contributed by atoms with Crippen molar-refractivity contribution in [2.24, 2.45) is 0 Å². The molecule has 3 aromatic rings. The van der Waals surface area contributed by atoms with Crippen LogP contribution in [0.5, 0.6) is 11.9 Å². The zero-order valence-corrected chi connectivity index (χ0v) is 19.4. The number of anilines is 3. The number of sulfonamides is 1. The third-order valence-corrected chi connectivity index (χ3v) is 5.96. The Kier molecular flexibility index (Phi) is 7.44. The van der Waals surface area contributed by atoms with Crippen LogP contribution in [0.3, 0.4) is 0 Å². The molecule has 1 heterocycles. The number of para-hydroxylation sites is 1. The van der Waals surface area contributed by atoms with Crippen molar-refractivity contribution < 1.29 is 17.9 Å². The number of rotatable bonds is 8. The molecule has 0 atom stereocenters. The van der Waals surface area contributed by atoms with E-state index in [1.807, 2.05) is 24.3 Å². The number of hydrogen-bond donors (Lipinski definition) is 3. The van der Waals surface area contributed by atoms with Gasteiger partial charge >= 0.3 is 6.01 Å². The molecule has 9 nitrogen and oxygen atoms in total. The van der Waals surface area contributed by atoms with Gasteiger partial charge < -0.3 is 20.1 Å². The lowest BCUT2D eigenvalue weighted by Crippen LogP contribution is -2.20. The maximum atomic E-state index is 12.7. The van der Waals surface area contributed by atoms with Crippen molar-refractivity contribution in [2.75, 3.05) is 29.6 Å². The Hall–Kier alpha value is -3.44. The van der Waals surface area contributed by atoms with Crippen molar-refractivity contribution in [3.05, 3.63) is 60.2 Å². The highest BCUT2D eigenvalue weighted by atomic mass is 32.2. The van der Waals surface area contributed by atoms with Crippen LogP contribution in [0.25, 0.3) is 0 Å². The molecule has 168 valence electrons. The number of benzene rings is 2. The summed E-state index contributed by atoms with van der Waals surface area (Å²) < 4.78 is 37.9. The van der Waals surface area contributed by atoms with E-state index in [1.165, 1.54) is 32.4 Å². The van der Waals surface area contributed by atoms with E-state index in [1.54, 1.807) is 12.1 Å². The number of aromatic nitrogens is 2. The summed E-state index contributed by atoms with van der Waals surface area (Å²) in [6, 6.07) is 15.4. The summed E-state index contributed by atoms with van der Waals surface area (Å²) in [7, 11) is -1.11. The van der Waals surface area contributed by atoms with Gasteiger partial charge in [-0.25, -0.2) is 8.42 Å². The minimum absolute atomic E-state index is 0.0211. The van der Waals surface area contributed by atoms with E-state index in [2.05, 4.69) is 32.2 Å². The van der Waals surface area contributed by atoms with Crippen LogP contribution < -0.4 is 24.8 Å². The first-order valence-electron chi connectivity index (χ1n) is 9.60. The highest BCUT2D eigenvalue weighted by molar-refractivity contribution is 7.92. The Morgan fingerprint density at radius 2 is 1.72 bits per heavy atom. The number of hydrogen-bond acceptors (Lipinski definition) is 7. The van der Waals surface area contributed by atoms with Crippen LogP contribution in [-0.4, -0.2) is 37.7 Å². The second-order valence-corrected chi connectivity index (χ2v) is 8.59. The van der Waals surface area contributed by atoms with E-state index in [0.29, 0.717) is 10.8 Å². The molecule has 3 rings (SSSR count). The number of nitrogens with zero attached hydrogens (tertiary/aromatic N) is 2. The fourth-order valence-corrected chi connectivity index (χ4v) is 4.02. The van der Waals surface area contributed by atoms with Crippen LogP contribution in [0, 0.1) is 0 Å². The van der Waals surface area contributed by atoms with Crippen LogP contribution >= 0.6 is 12.2 Å². The molecule has 32 heavy (non-hydrogen) atoms. The van der Waals surface area contributed by atoms with E-state index in [9.17, 15) is 8.42 Å². The van der Waals surface area contributed by atoms with Gasteiger partial charge in [0.1, 0.15) is 0 Å². The third kappa shape index (κ3) is 5.83. The van der Waals surface area contributed by atoms with Gasteiger partial charge in [-0.2, -0.15) is 9.97 Å². The number of aryl methyl sites for hydroxylation is 1. The molecule has 0 fully saturated rings. The molecular formula is C21H23N5O4S2. The average molecular weight is 474 g/mol. The first-order valence-corrected chi connectivity index (χ1v) is 11.5. The van der Waals surface area contributed by atoms with E-state index in [0.717, 1.165) is 17.7 Å². The molecule has 0 radical (unpaired) electrons. The third-order valence-electron chi connectivity index (χ3n) is 4.38. The number of thiocarbonyl (C=S) groups is 1. The second-order valence-electron chi connectivity index (χ2n) is 6.50. The molecule has 11 heteroatoms. The number of ether oxygens (including phenoxy) is 2. The fourth-order valence-electron chi connectivity index (χ4n) is 2.80. The van der Waals surface area contributed by atoms with Gasteiger partial charge in [0.2, 0.25) is 5.88 Å². The van der Waals surface area contributed by atoms with Crippen LogP contribution in [0.2, 0.25) is 0 Å². The molecule has 0 aliphatic carbocycles. The summed E-state index contributed by atoms with van der Waals surface area (Å²) in [5.41, 5.74) is 2.70. The van der Waals surface area contributed by atoms with Crippen LogP contribution in [0.4, 0.5) is 17.2 Å². The van der Waals surface area contributed by atoms with Crippen molar-refractivity contribution >= 4 is 44.5 Å². The Balaban J connectivity index is 1.70. The SMILES string of the molecule is CCc1ccccc1NC(=S)Nc1ccc(S(=O)(=O)Nc2cc(OC)nc(OC)n2)cc1. The van der Waals surface area contributed by atoms with Crippen molar-refractivity contribution in [1.29, 1.82) is 0 Å². The zero-order valence-electron chi connectivity index (χ0n) is 17.7. The monoisotopic (exact) mass is 473 g/mol. The topological polar surface area (TPSA) is 114 Å². The highest BCUT2D eigenvalue weighted by Crippen LogP contribution is 2.22. The minimum Gasteiger partial charge on any atom is -0.481 e. The van der Waals surface area contributed by atoms with Crippen LogP contribution in [0.1, 0.15) is 12.5 Å². The summed E-state index contributed by atoms with van der Waals surface area (Å²) in [6.07, 6.45) is 0.870. The largest absolute Gasteiger partial charge is 0.481 e. The molecule has 0 saturated carbocycles. The Labute approximate surface area is 192 Å². The van der Waals surface area contributed by atoms with Gasteiger partial charge in [-0.1, -0.05) is 25.1 Å². The molecule has 0 unspecified atom stereocenters. The molecular weight excluding hydrogens is 450 g/mol. The molecule has 0 spiro atoms. The summed E-state index contributed by atoms with van der Waals surface area (Å²) in [6.45, 7) is 2.07. The molecule has 0 bridgehead atoms. The molecule has 0 saturated heterocycles. The van der Waals surface area contributed by atoms with Crippen LogP contribution in [-0.2, 0) is 16.4 Å². The molecule has 2 aromatic carbocycles. The Morgan fingerprint density at radius 1 is 1.00 bits per heavy atom. The first kappa shape index (κ1) is 23.2. The van der Waals surface area contributed by atoms with E-state index < -0.39 is 10.0 Å². The summed E-state index contributed by atoms with van der Waals surface area (Å²) in [5.74, 6) is 0.190. The molecule has 1 aromatic heterocycles. The lowest BCUT2D eigenvalue weighted by atomic mass is 10.1. The zero-order chi connectivity index (χ0) is 23.1. The average Bonchev–Trinajstić information content (AvgIpc) is 2.79. The smallest absolute Gasteiger partial charge is 0.321 e.